The summed E-state index contributed by atoms with van der Waals surface area (Å²) in [5, 5.41) is 11.6. The second-order valence-corrected chi connectivity index (χ2v) is 4.17. The third kappa shape index (κ3) is 1.94. The van der Waals surface area contributed by atoms with Crippen LogP contribution >= 0.6 is 22.9 Å². The largest absolute Gasteiger partial charge is 0.375 e. The summed E-state index contributed by atoms with van der Waals surface area (Å²) in [6.45, 7) is 0. The minimum atomic E-state index is 0.445. The molecule has 0 bridgehead atoms. The van der Waals surface area contributed by atoms with Crippen molar-refractivity contribution >= 4 is 28.1 Å². The Kier molecular flexibility index (Phi) is 2.58. The van der Waals surface area contributed by atoms with E-state index in [-0.39, 0.29) is 0 Å². The molecule has 0 atom stereocenters. The Balaban J connectivity index is 2.51. The average Bonchev–Trinajstić information content (AvgIpc) is 2.66. The second-order valence-electron chi connectivity index (χ2n) is 2.88. The highest BCUT2D eigenvalue weighted by atomic mass is 35.5. The van der Waals surface area contributed by atoms with Crippen molar-refractivity contribution in [2.75, 3.05) is 5.73 Å². The number of thiazole rings is 1. The molecule has 1 heterocycles. The number of nitrogens with two attached hydrogens (primary N) is 1. The summed E-state index contributed by atoms with van der Waals surface area (Å²) in [4.78, 5) is 4.13. The van der Waals surface area contributed by atoms with E-state index < -0.39 is 0 Å². The van der Waals surface area contributed by atoms with E-state index in [9.17, 15) is 0 Å². The number of hydrogen-bond acceptors (Lipinski definition) is 4. The predicted molar refractivity (Wildman–Crippen MR) is 61.7 cm³/mol. The zero-order chi connectivity index (χ0) is 10.8. The van der Waals surface area contributed by atoms with Crippen molar-refractivity contribution in [2.24, 2.45) is 0 Å². The third-order valence-corrected chi connectivity index (χ3v) is 2.91. The highest BCUT2D eigenvalue weighted by Crippen LogP contribution is 2.26. The fourth-order valence-corrected chi connectivity index (χ4v) is 1.92. The van der Waals surface area contributed by atoms with Crippen LogP contribution in [0.15, 0.2) is 23.6 Å². The zero-order valence-corrected chi connectivity index (χ0v) is 9.14. The number of anilines is 1. The van der Waals surface area contributed by atoms with Gasteiger partial charge in [0.15, 0.2) is 5.13 Å². The molecule has 0 aliphatic carbocycles. The Hall–Kier alpha value is -1.57. The van der Waals surface area contributed by atoms with Crippen molar-refractivity contribution in [1.29, 1.82) is 5.26 Å². The van der Waals surface area contributed by atoms with Crippen LogP contribution in [0.25, 0.3) is 11.3 Å². The molecule has 2 N–H and O–H groups in total. The first-order valence-corrected chi connectivity index (χ1v) is 5.37. The van der Waals surface area contributed by atoms with Crippen LogP contribution in [0.3, 0.4) is 0 Å². The van der Waals surface area contributed by atoms with Gasteiger partial charge in [0.1, 0.15) is 6.07 Å². The second kappa shape index (κ2) is 3.89. The van der Waals surface area contributed by atoms with Crippen LogP contribution < -0.4 is 5.73 Å². The minimum Gasteiger partial charge on any atom is -0.375 e. The van der Waals surface area contributed by atoms with Crippen LogP contribution in [0.5, 0.6) is 0 Å². The van der Waals surface area contributed by atoms with E-state index in [2.05, 4.69) is 4.98 Å². The predicted octanol–water partition coefficient (Wildman–Crippen LogP) is 2.92. The van der Waals surface area contributed by atoms with E-state index in [1.165, 1.54) is 11.3 Å². The highest BCUT2D eigenvalue weighted by Gasteiger charge is 2.05. The number of aromatic nitrogens is 1. The average molecular weight is 236 g/mol. The SMILES string of the molecule is N#Cc1cc(-c2csc(N)n2)ccc1Cl. The van der Waals surface area contributed by atoms with Gasteiger partial charge in [-0.1, -0.05) is 17.7 Å². The molecule has 2 aromatic rings. The Bertz CT molecular complexity index is 542. The lowest BCUT2D eigenvalue weighted by Gasteiger charge is -1.98. The summed E-state index contributed by atoms with van der Waals surface area (Å²) < 4.78 is 0. The topological polar surface area (TPSA) is 62.7 Å². The van der Waals surface area contributed by atoms with Crippen molar-refractivity contribution < 1.29 is 0 Å². The maximum absolute atomic E-state index is 8.82. The van der Waals surface area contributed by atoms with E-state index in [0.29, 0.717) is 15.7 Å². The van der Waals surface area contributed by atoms with Gasteiger partial charge in [-0.3, -0.25) is 0 Å². The Morgan fingerprint density at radius 3 is 2.87 bits per heavy atom. The highest BCUT2D eigenvalue weighted by molar-refractivity contribution is 7.13. The summed E-state index contributed by atoms with van der Waals surface area (Å²) in [6, 6.07) is 7.23. The Labute approximate surface area is 95.7 Å². The molecule has 0 unspecified atom stereocenters. The molecule has 1 aromatic carbocycles. The van der Waals surface area contributed by atoms with Crippen molar-refractivity contribution in [2.45, 2.75) is 0 Å². The van der Waals surface area contributed by atoms with Gasteiger partial charge in [-0.25, -0.2) is 4.98 Å². The lowest BCUT2D eigenvalue weighted by molar-refractivity contribution is 1.40. The lowest BCUT2D eigenvalue weighted by Crippen LogP contribution is -1.84. The van der Waals surface area contributed by atoms with Gasteiger partial charge in [-0.15, -0.1) is 11.3 Å². The summed E-state index contributed by atoms with van der Waals surface area (Å²) in [7, 11) is 0. The maximum Gasteiger partial charge on any atom is 0.180 e. The lowest BCUT2D eigenvalue weighted by atomic mass is 10.1. The molecule has 5 heteroatoms. The summed E-state index contributed by atoms with van der Waals surface area (Å²) in [5.41, 5.74) is 7.60. The molecule has 74 valence electrons. The molecule has 1 aromatic heterocycles. The van der Waals surface area contributed by atoms with E-state index in [0.717, 1.165) is 11.3 Å². The first kappa shape index (κ1) is 9.97. The minimum absolute atomic E-state index is 0.445. The van der Waals surface area contributed by atoms with Crippen LogP contribution in [-0.4, -0.2) is 4.98 Å². The summed E-state index contributed by atoms with van der Waals surface area (Å²) in [6.07, 6.45) is 0. The van der Waals surface area contributed by atoms with Gasteiger partial charge in [0, 0.05) is 10.9 Å². The molecule has 3 nitrogen and oxygen atoms in total. The molecular formula is C10H6ClN3S. The van der Waals surface area contributed by atoms with Gasteiger partial charge in [0.05, 0.1) is 16.3 Å². The number of nitrogen functional groups attached to an aromatic ring is 1. The normalized spacial score (nSPS) is 9.87. The first-order chi connectivity index (χ1) is 7.20. The van der Waals surface area contributed by atoms with Gasteiger partial charge in [0.2, 0.25) is 0 Å². The van der Waals surface area contributed by atoms with Crippen molar-refractivity contribution in [1.82, 2.24) is 4.98 Å². The molecule has 0 aliphatic rings. The molecule has 2 rings (SSSR count). The number of nitriles is 1. The number of hydrogen-bond donors (Lipinski definition) is 1. The van der Waals surface area contributed by atoms with E-state index >= 15 is 0 Å². The standard InChI is InChI=1S/C10H6ClN3S/c11-8-2-1-6(3-7(8)4-12)9-5-15-10(13)14-9/h1-3,5H,(H2,13,14). The zero-order valence-electron chi connectivity index (χ0n) is 7.57. The molecule has 0 saturated heterocycles. The fourth-order valence-electron chi connectivity index (χ4n) is 1.19. The molecule has 0 fully saturated rings. The van der Waals surface area contributed by atoms with E-state index in [1.54, 1.807) is 12.1 Å². The molecular weight excluding hydrogens is 230 g/mol. The van der Waals surface area contributed by atoms with Crippen LogP contribution in [0.1, 0.15) is 5.56 Å². The summed E-state index contributed by atoms with van der Waals surface area (Å²) >= 11 is 7.19. The smallest absolute Gasteiger partial charge is 0.180 e. The van der Waals surface area contributed by atoms with Gasteiger partial charge in [-0.05, 0) is 12.1 Å². The number of benzene rings is 1. The van der Waals surface area contributed by atoms with Crippen molar-refractivity contribution in [3.05, 3.63) is 34.2 Å². The Morgan fingerprint density at radius 1 is 1.47 bits per heavy atom. The maximum atomic E-state index is 8.82. The number of nitrogens with zero attached hydrogens (tertiary/aromatic N) is 2. The van der Waals surface area contributed by atoms with Crippen LogP contribution in [0, 0.1) is 11.3 Å². The van der Waals surface area contributed by atoms with Crippen molar-refractivity contribution in [3.8, 4) is 17.3 Å². The summed E-state index contributed by atoms with van der Waals surface area (Å²) in [5.74, 6) is 0. The van der Waals surface area contributed by atoms with Gasteiger partial charge < -0.3 is 5.73 Å². The van der Waals surface area contributed by atoms with Gasteiger partial charge >= 0.3 is 0 Å². The van der Waals surface area contributed by atoms with E-state index in [1.807, 2.05) is 17.5 Å². The van der Waals surface area contributed by atoms with Gasteiger partial charge in [0.25, 0.3) is 0 Å². The van der Waals surface area contributed by atoms with Crippen molar-refractivity contribution in [3.63, 3.8) is 0 Å². The quantitative estimate of drug-likeness (QED) is 0.827. The van der Waals surface area contributed by atoms with E-state index in [4.69, 9.17) is 22.6 Å². The third-order valence-electron chi connectivity index (χ3n) is 1.90. The molecule has 0 radical (unpaired) electrons. The molecule has 15 heavy (non-hydrogen) atoms. The Morgan fingerprint density at radius 2 is 2.27 bits per heavy atom. The molecule has 0 aliphatic heterocycles. The monoisotopic (exact) mass is 235 g/mol. The van der Waals surface area contributed by atoms with Crippen LogP contribution in [0.4, 0.5) is 5.13 Å². The number of halogens is 1. The van der Waals surface area contributed by atoms with Crippen LogP contribution in [0.2, 0.25) is 5.02 Å². The first-order valence-electron chi connectivity index (χ1n) is 4.12. The number of rotatable bonds is 1. The van der Waals surface area contributed by atoms with Crippen LogP contribution in [-0.2, 0) is 0 Å². The van der Waals surface area contributed by atoms with Gasteiger partial charge in [-0.2, -0.15) is 5.26 Å². The fraction of sp³-hybridized carbons (Fsp3) is 0. The molecule has 0 saturated carbocycles. The molecule has 0 spiro atoms. The molecule has 0 amide bonds.